The summed E-state index contributed by atoms with van der Waals surface area (Å²) in [7, 11) is 0. The Balaban J connectivity index is 2.03. The Labute approximate surface area is 166 Å². The molecule has 0 saturated carbocycles. The molecule has 1 N–H and O–H groups in total. The van der Waals surface area contributed by atoms with Gasteiger partial charge in [-0.05, 0) is 31.8 Å². The average molecular weight is 403 g/mol. The number of nitrogens with one attached hydrogen (secondary N) is 1. The molecule has 0 aliphatic rings. The van der Waals surface area contributed by atoms with Crippen molar-refractivity contribution in [2.45, 2.75) is 44.9 Å². The Kier molecular flexibility index (Phi) is 6.28. The van der Waals surface area contributed by atoms with E-state index in [1.165, 1.54) is 23.3 Å². The van der Waals surface area contributed by atoms with Crippen LogP contribution in [0.4, 0.5) is 0 Å². The molecule has 0 radical (unpaired) electrons. The molecule has 0 saturated heterocycles. The molecule has 2 heterocycles. The number of fused-ring (bicyclic) bond motifs is 1. The molecule has 8 heteroatoms. The van der Waals surface area contributed by atoms with Gasteiger partial charge in [0.15, 0.2) is 5.16 Å². The minimum atomic E-state index is -0.0895. The number of hydrogen-bond donors (Lipinski definition) is 1. The second kappa shape index (κ2) is 8.67. The molecule has 3 aromatic rings. The minimum Gasteiger partial charge on any atom is -0.353 e. The maximum atomic E-state index is 13.0. The van der Waals surface area contributed by atoms with Gasteiger partial charge < -0.3 is 5.32 Å². The van der Waals surface area contributed by atoms with Gasteiger partial charge in [-0.15, -0.1) is 0 Å². The summed E-state index contributed by atoms with van der Waals surface area (Å²) in [6.07, 6.45) is 0.809. The predicted molar refractivity (Wildman–Crippen MR) is 111 cm³/mol. The van der Waals surface area contributed by atoms with E-state index in [9.17, 15) is 9.59 Å². The van der Waals surface area contributed by atoms with Crippen molar-refractivity contribution in [2.75, 3.05) is 5.75 Å². The zero-order valence-electron chi connectivity index (χ0n) is 15.6. The topological polar surface area (TPSA) is 76.9 Å². The van der Waals surface area contributed by atoms with E-state index >= 15 is 0 Å². The van der Waals surface area contributed by atoms with Crippen LogP contribution >= 0.6 is 23.3 Å². The second-order valence-electron chi connectivity index (χ2n) is 6.44. The highest BCUT2D eigenvalue weighted by atomic mass is 32.2. The summed E-state index contributed by atoms with van der Waals surface area (Å²) in [6.45, 7) is 6.42. The van der Waals surface area contributed by atoms with Gasteiger partial charge in [0.2, 0.25) is 5.91 Å². The molecule has 0 spiro atoms. The monoisotopic (exact) mass is 402 g/mol. The van der Waals surface area contributed by atoms with Gasteiger partial charge in [0.25, 0.3) is 5.56 Å². The summed E-state index contributed by atoms with van der Waals surface area (Å²) in [6, 6.07) is 9.80. The number of thioether (sulfide) groups is 1. The molecule has 1 amide bonds. The zero-order valence-corrected chi connectivity index (χ0v) is 17.2. The van der Waals surface area contributed by atoms with Crippen LogP contribution in [0.5, 0.6) is 0 Å². The van der Waals surface area contributed by atoms with Crippen molar-refractivity contribution in [3.63, 3.8) is 0 Å². The number of nitrogens with zero attached hydrogens (tertiary/aromatic N) is 3. The van der Waals surface area contributed by atoms with Crippen LogP contribution in [0.2, 0.25) is 0 Å². The van der Waals surface area contributed by atoms with E-state index in [0.717, 1.165) is 12.0 Å². The molecule has 6 nitrogen and oxygen atoms in total. The molecule has 0 aliphatic heterocycles. The molecule has 0 bridgehead atoms. The zero-order chi connectivity index (χ0) is 19.4. The van der Waals surface area contributed by atoms with Crippen molar-refractivity contribution in [3.05, 3.63) is 40.7 Å². The molecule has 0 fully saturated rings. The van der Waals surface area contributed by atoms with Crippen molar-refractivity contribution in [1.82, 2.24) is 19.2 Å². The van der Waals surface area contributed by atoms with E-state index in [0.29, 0.717) is 27.6 Å². The van der Waals surface area contributed by atoms with Crippen molar-refractivity contribution >= 4 is 39.4 Å². The number of amides is 1. The van der Waals surface area contributed by atoms with Gasteiger partial charge >= 0.3 is 0 Å². The van der Waals surface area contributed by atoms with Gasteiger partial charge in [-0.25, -0.2) is 4.98 Å². The van der Waals surface area contributed by atoms with Crippen LogP contribution in [-0.4, -0.2) is 31.6 Å². The summed E-state index contributed by atoms with van der Waals surface area (Å²) in [5, 5.41) is 3.42. The Hall–Kier alpha value is -2.19. The first-order chi connectivity index (χ1) is 13.0. The van der Waals surface area contributed by atoms with Gasteiger partial charge in [0, 0.05) is 18.2 Å². The quantitative estimate of drug-likeness (QED) is 0.483. The van der Waals surface area contributed by atoms with E-state index in [1.807, 2.05) is 51.1 Å². The van der Waals surface area contributed by atoms with E-state index in [4.69, 9.17) is 4.98 Å². The second-order valence-corrected chi connectivity index (χ2v) is 8.15. The molecular weight excluding hydrogens is 380 g/mol. The van der Waals surface area contributed by atoms with Crippen LogP contribution in [0.15, 0.2) is 40.3 Å². The lowest BCUT2D eigenvalue weighted by molar-refractivity contribution is -0.119. The maximum Gasteiger partial charge on any atom is 0.273 e. The van der Waals surface area contributed by atoms with Crippen LogP contribution < -0.4 is 10.9 Å². The standard InChI is InChI=1S/C19H22N4O2S2/c1-4-10-23-18(25)17-16(15(22-27-17)13-8-6-5-7-9-13)21-19(23)26-11-14(24)20-12(2)3/h5-9,12H,4,10-11H2,1-3H3,(H,20,24). The highest BCUT2D eigenvalue weighted by molar-refractivity contribution is 7.99. The summed E-state index contributed by atoms with van der Waals surface area (Å²) in [4.78, 5) is 29.7. The van der Waals surface area contributed by atoms with E-state index in [2.05, 4.69) is 9.69 Å². The number of benzene rings is 1. The third kappa shape index (κ3) is 4.39. The van der Waals surface area contributed by atoms with Crippen LogP contribution in [0.25, 0.3) is 21.5 Å². The molecule has 142 valence electrons. The fourth-order valence-corrected chi connectivity index (χ4v) is 4.33. The Morgan fingerprint density at radius 1 is 1.30 bits per heavy atom. The Bertz CT molecular complexity index is 996. The van der Waals surface area contributed by atoms with E-state index < -0.39 is 0 Å². The van der Waals surface area contributed by atoms with Gasteiger partial charge in [0.05, 0.1) is 5.75 Å². The van der Waals surface area contributed by atoms with Crippen molar-refractivity contribution < 1.29 is 4.79 Å². The number of rotatable bonds is 7. The predicted octanol–water partition coefficient (Wildman–Crippen LogP) is 3.55. The van der Waals surface area contributed by atoms with Gasteiger partial charge in [-0.3, -0.25) is 14.2 Å². The molecule has 27 heavy (non-hydrogen) atoms. The van der Waals surface area contributed by atoms with Gasteiger partial charge in [0.1, 0.15) is 15.9 Å². The summed E-state index contributed by atoms with van der Waals surface area (Å²) in [5.41, 5.74) is 2.16. The number of carbonyl (C=O) groups excluding carboxylic acids is 1. The normalized spacial score (nSPS) is 11.3. The summed E-state index contributed by atoms with van der Waals surface area (Å²) >= 11 is 2.47. The van der Waals surface area contributed by atoms with E-state index in [-0.39, 0.29) is 23.3 Å². The first-order valence-electron chi connectivity index (χ1n) is 8.89. The van der Waals surface area contributed by atoms with Crippen molar-refractivity contribution in [3.8, 4) is 11.3 Å². The lowest BCUT2D eigenvalue weighted by Gasteiger charge is -2.12. The molecule has 0 aliphatic carbocycles. The highest BCUT2D eigenvalue weighted by Crippen LogP contribution is 2.29. The molecule has 2 aromatic heterocycles. The smallest absolute Gasteiger partial charge is 0.273 e. The number of aromatic nitrogens is 3. The molecule has 3 rings (SSSR count). The number of hydrogen-bond acceptors (Lipinski definition) is 6. The first-order valence-corrected chi connectivity index (χ1v) is 10.6. The number of carbonyl (C=O) groups is 1. The van der Waals surface area contributed by atoms with Crippen molar-refractivity contribution in [2.24, 2.45) is 0 Å². The molecule has 0 unspecified atom stereocenters. The Morgan fingerprint density at radius 3 is 2.70 bits per heavy atom. The summed E-state index contributed by atoms with van der Waals surface area (Å²) < 4.78 is 6.69. The maximum absolute atomic E-state index is 13.0. The van der Waals surface area contributed by atoms with Crippen LogP contribution in [0.3, 0.4) is 0 Å². The van der Waals surface area contributed by atoms with Crippen LogP contribution in [-0.2, 0) is 11.3 Å². The average Bonchev–Trinajstić information content (AvgIpc) is 3.07. The fourth-order valence-electron chi connectivity index (χ4n) is 2.70. The SMILES string of the molecule is CCCn1c(SCC(=O)NC(C)C)nc2c(-c3ccccc3)nsc2c1=O. The van der Waals surface area contributed by atoms with Gasteiger partial charge in [-0.2, -0.15) is 4.37 Å². The molecular formula is C19H22N4O2S2. The summed E-state index contributed by atoms with van der Waals surface area (Å²) in [5.74, 6) is 0.150. The van der Waals surface area contributed by atoms with Gasteiger partial charge in [-0.1, -0.05) is 49.0 Å². The lowest BCUT2D eigenvalue weighted by Crippen LogP contribution is -2.32. The van der Waals surface area contributed by atoms with E-state index in [1.54, 1.807) is 4.57 Å². The Morgan fingerprint density at radius 2 is 2.04 bits per heavy atom. The van der Waals surface area contributed by atoms with Crippen molar-refractivity contribution in [1.29, 1.82) is 0 Å². The molecule has 0 atom stereocenters. The minimum absolute atomic E-state index is 0.0703. The first kappa shape index (κ1) is 19.6. The van der Waals surface area contributed by atoms with Crippen LogP contribution in [0.1, 0.15) is 27.2 Å². The lowest BCUT2D eigenvalue weighted by atomic mass is 10.1. The third-order valence-electron chi connectivity index (χ3n) is 3.82. The van der Waals surface area contributed by atoms with Crippen LogP contribution in [0, 0.1) is 0 Å². The third-order valence-corrected chi connectivity index (χ3v) is 5.62. The largest absolute Gasteiger partial charge is 0.353 e. The highest BCUT2D eigenvalue weighted by Gasteiger charge is 2.18. The fraction of sp³-hybridized carbons (Fsp3) is 0.368. The molecule has 1 aromatic carbocycles.